The standard InChI is InChI=1S/C31H46N2O6/c1-5-31(34,6-2)22-39-29-20-32-19-28(30(29)24-9-11-25(36-4)12-10-24)38-21-23-8-13-27-26(18-23)33(15-17-37-27)14-7-16-35-3/h8-13,18,28-30,32,34H,5-7,14-17,19-22H2,1-4H3/t28-,29+,30?/m0/s1. The van der Waals surface area contributed by atoms with E-state index < -0.39 is 5.60 Å². The molecule has 2 aromatic rings. The Morgan fingerprint density at radius 3 is 2.46 bits per heavy atom. The Hall–Kier alpha value is -2.36. The number of ether oxygens (including phenoxy) is 5. The molecule has 8 nitrogen and oxygen atoms in total. The molecular weight excluding hydrogens is 496 g/mol. The molecule has 0 bridgehead atoms. The van der Waals surface area contributed by atoms with Crippen LogP contribution in [0.2, 0.25) is 0 Å². The number of rotatable bonds is 14. The molecule has 3 atom stereocenters. The highest BCUT2D eigenvalue weighted by atomic mass is 16.5. The van der Waals surface area contributed by atoms with Crippen LogP contribution in [0.25, 0.3) is 0 Å². The second-order valence-corrected chi connectivity index (χ2v) is 10.6. The molecule has 2 heterocycles. The highest BCUT2D eigenvalue weighted by Crippen LogP contribution is 2.35. The van der Waals surface area contributed by atoms with Gasteiger partial charge >= 0.3 is 0 Å². The molecule has 39 heavy (non-hydrogen) atoms. The van der Waals surface area contributed by atoms with Gasteiger partial charge in [-0.15, -0.1) is 0 Å². The Bertz CT molecular complexity index is 1010. The Morgan fingerprint density at radius 1 is 1.03 bits per heavy atom. The summed E-state index contributed by atoms with van der Waals surface area (Å²) in [5.74, 6) is 1.76. The van der Waals surface area contributed by atoms with E-state index in [1.807, 2.05) is 26.0 Å². The predicted molar refractivity (Wildman–Crippen MR) is 153 cm³/mol. The lowest BCUT2D eigenvalue weighted by atomic mass is 9.85. The van der Waals surface area contributed by atoms with E-state index >= 15 is 0 Å². The lowest BCUT2D eigenvalue weighted by Crippen LogP contribution is -2.52. The van der Waals surface area contributed by atoms with Gasteiger partial charge in [0.15, 0.2) is 0 Å². The molecule has 2 aliphatic rings. The number of methoxy groups -OCH3 is 2. The Kier molecular flexibility index (Phi) is 10.9. The number of nitrogens with one attached hydrogen (secondary N) is 1. The van der Waals surface area contributed by atoms with E-state index in [-0.39, 0.29) is 18.1 Å². The average molecular weight is 543 g/mol. The van der Waals surface area contributed by atoms with Crippen molar-refractivity contribution in [3.63, 3.8) is 0 Å². The van der Waals surface area contributed by atoms with Crippen molar-refractivity contribution < 1.29 is 28.8 Å². The van der Waals surface area contributed by atoms with Crippen LogP contribution in [0.1, 0.15) is 50.2 Å². The van der Waals surface area contributed by atoms with Crippen molar-refractivity contribution in [1.82, 2.24) is 5.32 Å². The van der Waals surface area contributed by atoms with Crippen LogP contribution in [-0.4, -0.2) is 83.1 Å². The smallest absolute Gasteiger partial charge is 0.142 e. The summed E-state index contributed by atoms with van der Waals surface area (Å²) in [4.78, 5) is 2.37. The SMILES string of the molecule is CCC(O)(CC)CO[C@@H]1CNC[C@H](OCc2ccc3c(c2)N(CCCOC)CCO3)C1c1ccc(OC)cc1. The summed E-state index contributed by atoms with van der Waals surface area (Å²) < 4.78 is 29.6. The molecule has 0 amide bonds. The fourth-order valence-corrected chi connectivity index (χ4v) is 5.40. The molecule has 0 aromatic heterocycles. The fourth-order valence-electron chi connectivity index (χ4n) is 5.40. The largest absolute Gasteiger partial charge is 0.497 e. The van der Waals surface area contributed by atoms with Crippen molar-refractivity contribution in [1.29, 1.82) is 0 Å². The first-order valence-corrected chi connectivity index (χ1v) is 14.3. The highest BCUT2D eigenvalue weighted by Gasteiger charge is 2.37. The fraction of sp³-hybridized carbons (Fsp3) is 0.613. The molecule has 1 unspecified atom stereocenters. The Morgan fingerprint density at radius 2 is 1.77 bits per heavy atom. The zero-order valence-corrected chi connectivity index (χ0v) is 24.0. The highest BCUT2D eigenvalue weighted by molar-refractivity contribution is 5.61. The van der Waals surface area contributed by atoms with Crippen molar-refractivity contribution in [2.24, 2.45) is 0 Å². The molecule has 0 spiro atoms. The average Bonchev–Trinajstić information content (AvgIpc) is 2.99. The summed E-state index contributed by atoms with van der Waals surface area (Å²) in [6.07, 6.45) is 2.05. The molecular formula is C31H46N2O6. The van der Waals surface area contributed by atoms with Gasteiger partial charge in [-0.25, -0.2) is 0 Å². The van der Waals surface area contributed by atoms with Gasteiger partial charge in [-0.1, -0.05) is 32.0 Å². The van der Waals surface area contributed by atoms with Gasteiger partial charge in [-0.3, -0.25) is 0 Å². The van der Waals surface area contributed by atoms with E-state index in [0.29, 0.717) is 39.2 Å². The topological polar surface area (TPSA) is 81.7 Å². The number of piperidine rings is 1. The summed E-state index contributed by atoms with van der Waals surface area (Å²) in [6, 6.07) is 14.5. The first-order chi connectivity index (χ1) is 19.0. The van der Waals surface area contributed by atoms with E-state index in [0.717, 1.165) is 61.0 Å². The second-order valence-electron chi connectivity index (χ2n) is 10.6. The molecule has 1 saturated heterocycles. The summed E-state index contributed by atoms with van der Waals surface area (Å²) in [5, 5.41) is 14.4. The molecule has 0 radical (unpaired) electrons. The van der Waals surface area contributed by atoms with E-state index in [9.17, 15) is 5.11 Å². The Labute approximate surface area is 233 Å². The van der Waals surface area contributed by atoms with Crippen molar-refractivity contribution in [2.75, 3.05) is 65.1 Å². The Balaban J connectivity index is 1.50. The third-order valence-electron chi connectivity index (χ3n) is 8.10. The number of nitrogens with zero attached hydrogens (tertiary/aromatic N) is 1. The quantitative estimate of drug-likeness (QED) is 0.345. The van der Waals surface area contributed by atoms with Crippen LogP contribution >= 0.6 is 0 Å². The van der Waals surface area contributed by atoms with Crippen molar-refractivity contribution in [2.45, 2.75) is 63.4 Å². The molecule has 0 aliphatic carbocycles. The zero-order chi connectivity index (χ0) is 27.7. The normalized spacial score (nSPS) is 21.4. The molecule has 0 saturated carbocycles. The van der Waals surface area contributed by atoms with Gasteiger partial charge in [0.2, 0.25) is 0 Å². The number of benzene rings is 2. The number of hydrogen-bond acceptors (Lipinski definition) is 8. The van der Waals surface area contributed by atoms with E-state index in [2.05, 4.69) is 40.5 Å². The summed E-state index contributed by atoms with van der Waals surface area (Å²) in [5.41, 5.74) is 2.55. The third-order valence-corrected chi connectivity index (χ3v) is 8.10. The number of fused-ring (bicyclic) bond motifs is 1. The molecule has 1 fully saturated rings. The minimum Gasteiger partial charge on any atom is -0.497 e. The van der Waals surface area contributed by atoms with Gasteiger partial charge in [0, 0.05) is 39.3 Å². The lowest BCUT2D eigenvalue weighted by molar-refractivity contribution is -0.109. The molecule has 2 aromatic carbocycles. The van der Waals surface area contributed by atoms with E-state index in [1.165, 1.54) is 0 Å². The number of anilines is 1. The predicted octanol–water partition coefficient (Wildman–Crippen LogP) is 4.14. The number of aliphatic hydroxyl groups is 1. The van der Waals surface area contributed by atoms with E-state index in [1.54, 1.807) is 14.2 Å². The van der Waals surface area contributed by atoms with Crippen LogP contribution in [0.5, 0.6) is 11.5 Å². The molecule has 4 rings (SSSR count). The van der Waals surface area contributed by atoms with Crippen LogP contribution in [0.3, 0.4) is 0 Å². The van der Waals surface area contributed by atoms with Gasteiger partial charge in [0.1, 0.15) is 18.1 Å². The summed E-state index contributed by atoms with van der Waals surface area (Å²) >= 11 is 0. The summed E-state index contributed by atoms with van der Waals surface area (Å²) in [7, 11) is 3.42. The van der Waals surface area contributed by atoms with Gasteiger partial charge < -0.3 is 39.0 Å². The molecule has 8 heteroatoms. The van der Waals surface area contributed by atoms with Gasteiger partial charge in [0.25, 0.3) is 0 Å². The minimum atomic E-state index is -0.821. The van der Waals surface area contributed by atoms with Gasteiger partial charge in [-0.2, -0.15) is 0 Å². The van der Waals surface area contributed by atoms with Crippen molar-refractivity contribution in [3.8, 4) is 11.5 Å². The lowest BCUT2D eigenvalue weighted by Gasteiger charge is -2.40. The second kappa shape index (κ2) is 14.3. The maximum atomic E-state index is 10.9. The van der Waals surface area contributed by atoms with Crippen LogP contribution in [0, 0.1) is 0 Å². The van der Waals surface area contributed by atoms with Crippen LogP contribution in [-0.2, 0) is 20.8 Å². The van der Waals surface area contributed by atoms with Crippen LogP contribution < -0.4 is 19.7 Å². The molecule has 216 valence electrons. The first-order valence-electron chi connectivity index (χ1n) is 14.3. The zero-order valence-electron chi connectivity index (χ0n) is 24.0. The maximum Gasteiger partial charge on any atom is 0.142 e. The van der Waals surface area contributed by atoms with Crippen molar-refractivity contribution >= 4 is 5.69 Å². The van der Waals surface area contributed by atoms with Gasteiger partial charge in [0.05, 0.1) is 50.4 Å². The first kappa shape index (κ1) is 29.6. The third kappa shape index (κ3) is 7.64. The maximum absolute atomic E-state index is 10.9. The van der Waals surface area contributed by atoms with Crippen LogP contribution in [0.4, 0.5) is 5.69 Å². The molecule has 2 N–H and O–H groups in total. The number of hydrogen-bond donors (Lipinski definition) is 2. The van der Waals surface area contributed by atoms with Gasteiger partial charge in [-0.05, 0) is 54.7 Å². The summed E-state index contributed by atoms with van der Waals surface area (Å²) in [6.45, 7) is 9.45. The van der Waals surface area contributed by atoms with E-state index in [4.69, 9.17) is 23.7 Å². The van der Waals surface area contributed by atoms with Crippen LogP contribution in [0.15, 0.2) is 42.5 Å². The monoisotopic (exact) mass is 542 g/mol. The minimum absolute atomic E-state index is 0.0154. The van der Waals surface area contributed by atoms with Crippen molar-refractivity contribution in [3.05, 3.63) is 53.6 Å². The molecule has 2 aliphatic heterocycles.